The number of ether oxygens (including phenoxy) is 2. The zero-order valence-corrected chi connectivity index (χ0v) is 12.4. The van der Waals surface area contributed by atoms with Gasteiger partial charge in [-0.3, -0.25) is 0 Å². The lowest BCUT2D eigenvalue weighted by molar-refractivity contribution is 0.0898. The molecule has 0 amide bonds. The van der Waals surface area contributed by atoms with Crippen LogP contribution in [-0.4, -0.2) is 33.4 Å². The van der Waals surface area contributed by atoms with Crippen molar-refractivity contribution in [2.75, 3.05) is 33.4 Å². The predicted octanol–water partition coefficient (Wildman–Crippen LogP) is 2.96. The molecule has 2 unspecified atom stereocenters. The Morgan fingerprint density at radius 2 is 2.32 bits per heavy atom. The Morgan fingerprint density at radius 1 is 1.47 bits per heavy atom. The highest BCUT2D eigenvalue weighted by Crippen LogP contribution is 2.35. The van der Waals surface area contributed by atoms with Crippen molar-refractivity contribution in [2.45, 2.75) is 19.4 Å². The van der Waals surface area contributed by atoms with Crippen LogP contribution in [0.3, 0.4) is 0 Å². The molecule has 0 spiro atoms. The molecule has 4 heteroatoms. The molecule has 0 saturated carbocycles. The first kappa shape index (κ1) is 14.8. The van der Waals surface area contributed by atoms with E-state index in [9.17, 15) is 0 Å². The van der Waals surface area contributed by atoms with Crippen LogP contribution in [0.2, 0.25) is 5.02 Å². The van der Waals surface area contributed by atoms with E-state index in [2.05, 4.69) is 17.4 Å². The van der Waals surface area contributed by atoms with Crippen LogP contribution in [0.4, 0.5) is 0 Å². The Bertz CT molecular complexity index is 411. The van der Waals surface area contributed by atoms with Gasteiger partial charge in [0.2, 0.25) is 0 Å². The first-order chi connectivity index (χ1) is 9.22. The molecule has 1 fully saturated rings. The largest absolute Gasteiger partial charge is 0.383 e. The first-order valence-electron chi connectivity index (χ1n) is 6.79. The van der Waals surface area contributed by atoms with Crippen molar-refractivity contribution in [3.05, 3.63) is 34.3 Å². The Kier molecular flexibility index (Phi) is 5.64. The Labute approximate surface area is 120 Å². The Morgan fingerprint density at radius 3 is 3.05 bits per heavy atom. The summed E-state index contributed by atoms with van der Waals surface area (Å²) < 4.78 is 10.9. The molecule has 1 aliphatic heterocycles. The fourth-order valence-corrected chi connectivity index (χ4v) is 2.65. The van der Waals surface area contributed by atoms with E-state index in [4.69, 9.17) is 21.1 Å². The molecule has 0 bridgehead atoms. The quantitative estimate of drug-likeness (QED) is 0.814. The first-order valence-corrected chi connectivity index (χ1v) is 7.17. The molecule has 19 heavy (non-hydrogen) atoms. The van der Waals surface area contributed by atoms with Crippen molar-refractivity contribution in [1.82, 2.24) is 5.32 Å². The van der Waals surface area contributed by atoms with Crippen molar-refractivity contribution in [2.24, 2.45) is 5.92 Å². The molecular formula is C15H22ClNO2. The smallest absolute Gasteiger partial charge is 0.0866 e. The van der Waals surface area contributed by atoms with E-state index in [1.54, 1.807) is 7.11 Å². The van der Waals surface area contributed by atoms with Gasteiger partial charge in [0.05, 0.1) is 12.7 Å². The standard InChI is InChI=1S/C15H22ClNO2/c1-11-3-4-12(9-14(11)16)15-13(5-7-19-15)10-17-6-8-18-2/h3-4,9,13,15,17H,5-8,10H2,1-2H3. The lowest BCUT2D eigenvalue weighted by Crippen LogP contribution is -2.27. The third kappa shape index (κ3) is 3.93. The number of nitrogens with one attached hydrogen (secondary N) is 1. The molecule has 1 saturated heterocycles. The zero-order valence-electron chi connectivity index (χ0n) is 11.6. The number of hydrogen-bond acceptors (Lipinski definition) is 3. The molecule has 2 rings (SSSR count). The molecule has 1 aromatic carbocycles. The molecule has 1 aliphatic rings. The average Bonchev–Trinajstić information content (AvgIpc) is 2.86. The molecule has 2 atom stereocenters. The van der Waals surface area contributed by atoms with E-state index >= 15 is 0 Å². The molecule has 3 nitrogen and oxygen atoms in total. The van der Waals surface area contributed by atoms with Gasteiger partial charge >= 0.3 is 0 Å². The van der Waals surface area contributed by atoms with Crippen molar-refractivity contribution in [3.63, 3.8) is 0 Å². The third-order valence-corrected chi connectivity index (χ3v) is 4.04. The summed E-state index contributed by atoms with van der Waals surface area (Å²) in [4.78, 5) is 0. The van der Waals surface area contributed by atoms with Gasteiger partial charge in [-0.1, -0.05) is 23.7 Å². The van der Waals surface area contributed by atoms with Crippen LogP contribution in [0, 0.1) is 12.8 Å². The van der Waals surface area contributed by atoms with Crippen molar-refractivity contribution in [3.8, 4) is 0 Å². The average molecular weight is 284 g/mol. The minimum atomic E-state index is 0.160. The van der Waals surface area contributed by atoms with Crippen LogP contribution in [0.15, 0.2) is 18.2 Å². The molecule has 0 radical (unpaired) electrons. The lowest BCUT2D eigenvalue weighted by atomic mass is 9.94. The fraction of sp³-hybridized carbons (Fsp3) is 0.600. The van der Waals surface area contributed by atoms with Crippen LogP contribution in [-0.2, 0) is 9.47 Å². The van der Waals surface area contributed by atoms with Gasteiger partial charge in [-0.15, -0.1) is 0 Å². The molecule has 1 N–H and O–H groups in total. The van der Waals surface area contributed by atoms with Crippen LogP contribution in [0.25, 0.3) is 0 Å². The van der Waals surface area contributed by atoms with Gasteiger partial charge in [0.25, 0.3) is 0 Å². The van der Waals surface area contributed by atoms with Gasteiger partial charge in [0.15, 0.2) is 0 Å². The summed E-state index contributed by atoms with van der Waals surface area (Å²) in [5.41, 5.74) is 2.30. The van der Waals surface area contributed by atoms with Crippen LogP contribution < -0.4 is 5.32 Å². The highest BCUT2D eigenvalue weighted by molar-refractivity contribution is 6.31. The highest BCUT2D eigenvalue weighted by Gasteiger charge is 2.29. The van der Waals surface area contributed by atoms with E-state index in [-0.39, 0.29) is 6.10 Å². The van der Waals surface area contributed by atoms with Crippen LogP contribution in [0.1, 0.15) is 23.7 Å². The zero-order chi connectivity index (χ0) is 13.7. The van der Waals surface area contributed by atoms with Crippen LogP contribution >= 0.6 is 11.6 Å². The minimum absolute atomic E-state index is 0.160. The second-order valence-corrected chi connectivity index (χ2v) is 5.45. The Hall–Kier alpha value is -0.610. The van der Waals surface area contributed by atoms with E-state index in [0.717, 1.165) is 43.3 Å². The van der Waals surface area contributed by atoms with Crippen molar-refractivity contribution in [1.29, 1.82) is 0 Å². The van der Waals surface area contributed by atoms with Gasteiger partial charge in [-0.25, -0.2) is 0 Å². The topological polar surface area (TPSA) is 30.5 Å². The summed E-state index contributed by atoms with van der Waals surface area (Å²) in [6, 6.07) is 6.23. The second kappa shape index (κ2) is 7.25. The molecule has 106 valence electrons. The SMILES string of the molecule is COCCNCC1CCOC1c1ccc(C)c(Cl)c1. The third-order valence-electron chi connectivity index (χ3n) is 3.63. The normalized spacial score (nSPS) is 22.9. The van der Waals surface area contributed by atoms with E-state index in [1.165, 1.54) is 5.56 Å². The number of halogens is 1. The summed E-state index contributed by atoms with van der Waals surface area (Å²) in [7, 11) is 1.72. The van der Waals surface area contributed by atoms with E-state index in [1.807, 2.05) is 13.0 Å². The number of hydrogen-bond donors (Lipinski definition) is 1. The molecular weight excluding hydrogens is 262 g/mol. The summed E-state index contributed by atoms with van der Waals surface area (Å²) in [6.07, 6.45) is 1.25. The highest BCUT2D eigenvalue weighted by atomic mass is 35.5. The molecule has 1 aromatic rings. The van der Waals surface area contributed by atoms with Gasteiger partial charge in [-0.2, -0.15) is 0 Å². The van der Waals surface area contributed by atoms with Crippen molar-refractivity contribution >= 4 is 11.6 Å². The molecule has 0 aromatic heterocycles. The van der Waals surface area contributed by atoms with Gasteiger partial charge in [0, 0.05) is 37.7 Å². The number of aryl methyl sites for hydroxylation is 1. The molecule has 0 aliphatic carbocycles. The second-order valence-electron chi connectivity index (χ2n) is 5.05. The lowest BCUT2D eigenvalue weighted by Gasteiger charge is -2.20. The number of benzene rings is 1. The van der Waals surface area contributed by atoms with Gasteiger partial charge in [0.1, 0.15) is 0 Å². The molecule has 1 heterocycles. The number of rotatable bonds is 6. The maximum atomic E-state index is 6.20. The van der Waals surface area contributed by atoms with Gasteiger partial charge in [-0.05, 0) is 30.5 Å². The maximum absolute atomic E-state index is 6.20. The van der Waals surface area contributed by atoms with Crippen LogP contribution in [0.5, 0.6) is 0 Å². The predicted molar refractivity (Wildman–Crippen MR) is 77.7 cm³/mol. The Balaban J connectivity index is 1.95. The fourth-order valence-electron chi connectivity index (χ4n) is 2.46. The van der Waals surface area contributed by atoms with E-state index in [0.29, 0.717) is 5.92 Å². The minimum Gasteiger partial charge on any atom is -0.383 e. The maximum Gasteiger partial charge on any atom is 0.0866 e. The van der Waals surface area contributed by atoms with E-state index < -0.39 is 0 Å². The number of methoxy groups -OCH3 is 1. The van der Waals surface area contributed by atoms with Gasteiger partial charge < -0.3 is 14.8 Å². The summed E-state index contributed by atoms with van der Waals surface area (Å²) in [5, 5.41) is 4.23. The summed E-state index contributed by atoms with van der Waals surface area (Å²) >= 11 is 6.20. The summed E-state index contributed by atoms with van der Waals surface area (Å²) in [5.74, 6) is 0.510. The van der Waals surface area contributed by atoms with Crippen molar-refractivity contribution < 1.29 is 9.47 Å². The monoisotopic (exact) mass is 283 g/mol. The summed E-state index contributed by atoms with van der Waals surface area (Å²) in [6.45, 7) is 5.43.